The number of rotatable bonds is 5. The molecule has 0 bridgehead atoms. The molecule has 0 amide bonds. The molecule has 20 heavy (non-hydrogen) atoms. The molecule has 1 aromatic heterocycles. The second kappa shape index (κ2) is 6.04. The predicted octanol–water partition coefficient (Wildman–Crippen LogP) is 3.38. The van der Waals surface area contributed by atoms with Gasteiger partial charge in [0.25, 0.3) is 0 Å². The summed E-state index contributed by atoms with van der Waals surface area (Å²) >= 11 is 1.72. The molecular formula is C16H20N2OS. The van der Waals surface area contributed by atoms with Crippen LogP contribution in [0.4, 0.5) is 0 Å². The van der Waals surface area contributed by atoms with Gasteiger partial charge in [-0.2, -0.15) is 0 Å². The van der Waals surface area contributed by atoms with Gasteiger partial charge >= 0.3 is 0 Å². The third-order valence-corrected chi connectivity index (χ3v) is 4.50. The highest BCUT2D eigenvalue weighted by Gasteiger charge is 2.17. The monoisotopic (exact) mass is 288 g/mol. The zero-order chi connectivity index (χ0) is 13.9. The average molecular weight is 288 g/mol. The van der Waals surface area contributed by atoms with E-state index in [4.69, 9.17) is 4.74 Å². The fourth-order valence-corrected chi connectivity index (χ4v) is 3.30. The Hall–Kier alpha value is -1.23. The molecule has 1 atom stereocenters. The lowest BCUT2D eigenvalue weighted by Gasteiger charge is -2.18. The maximum atomic E-state index is 5.50. The van der Waals surface area contributed by atoms with Gasteiger partial charge in [-0.05, 0) is 30.2 Å². The van der Waals surface area contributed by atoms with Crippen LogP contribution in [0.2, 0.25) is 0 Å². The molecule has 1 aliphatic rings. The van der Waals surface area contributed by atoms with Crippen molar-refractivity contribution in [3.05, 3.63) is 51.0 Å². The van der Waals surface area contributed by atoms with Crippen molar-refractivity contribution in [1.29, 1.82) is 0 Å². The van der Waals surface area contributed by atoms with Crippen molar-refractivity contribution >= 4 is 11.3 Å². The highest BCUT2D eigenvalue weighted by atomic mass is 32.1. The summed E-state index contributed by atoms with van der Waals surface area (Å²) in [5.41, 5.74) is 5.17. The Morgan fingerprint density at radius 1 is 1.35 bits per heavy atom. The molecule has 0 saturated carbocycles. The summed E-state index contributed by atoms with van der Waals surface area (Å²) in [6.45, 7) is 6.67. The summed E-state index contributed by atoms with van der Waals surface area (Å²) in [6, 6.07) is 7.04. The Balaban J connectivity index is 1.82. The van der Waals surface area contributed by atoms with Gasteiger partial charge in [-0.15, -0.1) is 11.3 Å². The molecule has 0 radical (unpaired) electrons. The molecule has 1 N–H and O–H groups in total. The number of aromatic nitrogens is 1. The molecule has 1 aromatic carbocycles. The highest BCUT2D eigenvalue weighted by Crippen LogP contribution is 2.26. The van der Waals surface area contributed by atoms with E-state index in [0.29, 0.717) is 6.04 Å². The molecule has 0 aliphatic carbocycles. The van der Waals surface area contributed by atoms with Gasteiger partial charge in [0.1, 0.15) is 0 Å². The summed E-state index contributed by atoms with van der Waals surface area (Å²) in [5.74, 6) is 0. The van der Waals surface area contributed by atoms with E-state index in [0.717, 1.165) is 31.2 Å². The number of thiazole rings is 1. The lowest BCUT2D eigenvalue weighted by Crippen LogP contribution is -2.23. The van der Waals surface area contributed by atoms with Gasteiger partial charge in [0, 0.05) is 17.8 Å². The van der Waals surface area contributed by atoms with Crippen LogP contribution in [0, 0.1) is 6.92 Å². The fourth-order valence-electron chi connectivity index (χ4n) is 2.67. The third-order valence-electron chi connectivity index (χ3n) is 3.68. The number of hydrogen-bond donors (Lipinski definition) is 1. The van der Waals surface area contributed by atoms with Crippen LogP contribution in [0.15, 0.2) is 23.6 Å². The van der Waals surface area contributed by atoms with Crippen molar-refractivity contribution in [2.75, 3.05) is 6.54 Å². The van der Waals surface area contributed by atoms with E-state index in [1.807, 2.05) is 0 Å². The predicted molar refractivity (Wildman–Crippen MR) is 81.9 cm³/mol. The van der Waals surface area contributed by atoms with Crippen molar-refractivity contribution in [3.63, 3.8) is 0 Å². The molecular weight excluding hydrogens is 268 g/mol. The summed E-state index contributed by atoms with van der Waals surface area (Å²) in [5, 5.41) is 6.87. The first kappa shape index (κ1) is 13.7. The molecule has 0 saturated heterocycles. The minimum Gasteiger partial charge on any atom is -0.372 e. The SMILES string of the molecule is CCNC(Cc1csc(C)n1)c1ccc2c(c1)COC2. The first-order valence-corrected chi connectivity index (χ1v) is 7.98. The Labute approximate surface area is 124 Å². The van der Waals surface area contributed by atoms with Crippen LogP contribution in [0.5, 0.6) is 0 Å². The molecule has 0 fully saturated rings. The van der Waals surface area contributed by atoms with E-state index in [2.05, 4.69) is 47.7 Å². The first-order valence-electron chi connectivity index (χ1n) is 7.10. The largest absolute Gasteiger partial charge is 0.372 e. The van der Waals surface area contributed by atoms with Gasteiger partial charge in [-0.25, -0.2) is 4.98 Å². The summed E-state index contributed by atoms with van der Waals surface area (Å²) < 4.78 is 5.50. The standard InChI is InChI=1S/C16H20N2OS/c1-3-17-16(7-15-10-20-11(2)18-15)12-4-5-13-8-19-9-14(13)6-12/h4-6,10,16-17H,3,7-9H2,1-2H3. The van der Waals surface area contributed by atoms with E-state index in [1.165, 1.54) is 22.4 Å². The summed E-state index contributed by atoms with van der Waals surface area (Å²) in [6.07, 6.45) is 0.942. The Bertz CT molecular complexity index is 594. The van der Waals surface area contributed by atoms with Crippen LogP contribution in [0.3, 0.4) is 0 Å². The van der Waals surface area contributed by atoms with Crippen molar-refractivity contribution < 1.29 is 4.74 Å². The molecule has 2 aromatic rings. The second-order valence-corrected chi connectivity index (χ2v) is 6.26. The minimum absolute atomic E-state index is 0.326. The van der Waals surface area contributed by atoms with Crippen molar-refractivity contribution in [1.82, 2.24) is 10.3 Å². The lowest BCUT2D eigenvalue weighted by atomic mass is 9.98. The summed E-state index contributed by atoms with van der Waals surface area (Å²) in [4.78, 5) is 4.58. The van der Waals surface area contributed by atoms with Gasteiger partial charge in [-0.1, -0.05) is 25.1 Å². The zero-order valence-corrected chi connectivity index (χ0v) is 12.8. The van der Waals surface area contributed by atoms with Crippen LogP contribution in [0.1, 0.15) is 40.4 Å². The zero-order valence-electron chi connectivity index (χ0n) is 12.0. The Morgan fingerprint density at radius 3 is 2.95 bits per heavy atom. The van der Waals surface area contributed by atoms with Crippen LogP contribution in [0.25, 0.3) is 0 Å². The molecule has 106 valence electrons. The Kier molecular flexibility index (Phi) is 4.15. The van der Waals surface area contributed by atoms with Crippen LogP contribution >= 0.6 is 11.3 Å². The molecule has 2 heterocycles. The van der Waals surface area contributed by atoms with E-state index in [-0.39, 0.29) is 0 Å². The van der Waals surface area contributed by atoms with E-state index < -0.39 is 0 Å². The second-order valence-electron chi connectivity index (χ2n) is 5.19. The number of ether oxygens (including phenoxy) is 1. The Morgan fingerprint density at radius 2 is 2.20 bits per heavy atom. The van der Waals surface area contributed by atoms with Crippen LogP contribution in [-0.2, 0) is 24.4 Å². The van der Waals surface area contributed by atoms with E-state index in [9.17, 15) is 0 Å². The number of nitrogens with one attached hydrogen (secondary N) is 1. The van der Waals surface area contributed by atoms with Gasteiger partial charge in [0.2, 0.25) is 0 Å². The topological polar surface area (TPSA) is 34.2 Å². The number of likely N-dealkylation sites (N-methyl/N-ethyl adjacent to an activating group) is 1. The minimum atomic E-state index is 0.326. The van der Waals surface area contributed by atoms with Crippen molar-refractivity contribution in [2.24, 2.45) is 0 Å². The molecule has 3 rings (SSSR count). The highest BCUT2D eigenvalue weighted by molar-refractivity contribution is 7.09. The van der Waals surface area contributed by atoms with Crippen LogP contribution in [-0.4, -0.2) is 11.5 Å². The molecule has 0 spiro atoms. The molecule has 1 unspecified atom stereocenters. The van der Waals surface area contributed by atoms with Gasteiger partial charge in [0.05, 0.1) is 23.9 Å². The van der Waals surface area contributed by atoms with Gasteiger partial charge in [0.15, 0.2) is 0 Å². The maximum absolute atomic E-state index is 5.50. The normalized spacial score (nSPS) is 15.3. The van der Waals surface area contributed by atoms with E-state index >= 15 is 0 Å². The molecule has 1 aliphatic heterocycles. The third kappa shape index (κ3) is 2.92. The quantitative estimate of drug-likeness (QED) is 0.916. The number of benzene rings is 1. The summed E-state index contributed by atoms with van der Waals surface area (Å²) in [7, 11) is 0. The van der Waals surface area contributed by atoms with Crippen LogP contribution < -0.4 is 5.32 Å². The molecule has 3 nitrogen and oxygen atoms in total. The van der Waals surface area contributed by atoms with Crippen molar-refractivity contribution in [2.45, 2.75) is 39.5 Å². The average Bonchev–Trinajstić information content (AvgIpc) is 3.06. The first-order chi connectivity index (χ1) is 9.76. The maximum Gasteiger partial charge on any atom is 0.0897 e. The smallest absolute Gasteiger partial charge is 0.0897 e. The molecule has 4 heteroatoms. The van der Waals surface area contributed by atoms with Gasteiger partial charge < -0.3 is 10.1 Å². The van der Waals surface area contributed by atoms with Crippen molar-refractivity contribution in [3.8, 4) is 0 Å². The number of nitrogens with zero attached hydrogens (tertiary/aromatic N) is 1. The van der Waals surface area contributed by atoms with Gasteiger partial charge in [-0.3, -0.25) is 0 Å². The lowest BCUT2D eigenvalue weighted by molar-refractivity contribution is 0.134. The number of aryl methyl sites for hydroxylation is 1. The fraction of sp³-hybridized carbons (Fsp3) is 0.438. The number of fused-ring (bicyclic) bond motifs is 1. The number of hydrogen-bond acceptors (Lipinski definition) is 4. The van der Waals surface area contributed by atoms with E-state index in [1.54, 1.807) is 11.3 Å².